The highest BCUT2D eigenvalue weighted by atomic mass is 35.5. The molecule has 1 aliphatic rings. The molecule has 0 fully saturated rings. The number of hydrogen-bond donors (Lipinski definition) is 2. The van der Waals surface area contributed by atoms with E-state index < -0.39 is 0 Å². The van der Waals surface area contributed by atoms with E-state index in [9.17, 15) is 9.59 Å². The van der Waals surface area contributed by atoms with Gasteiger partial charge in [0, 0.05) is 22.0 Å². The molecule has 29 heavy (non-hydrogen) atoms. The summed E-state index contributed by atoms with van der Waals surface area (Å²) < 4.78 is 0. The van der Waals surface area contributed by atoms with Gasteiger partial charge in [0.25, 0.3) is 11.8 Å². The van der Waals surface area contributed by atoms with Gasteiger partial charge in [-0.2, -0.15) is 0 Å². The predicted molar refractivity (Wildman–Crippen MR) is 121 cm³/mol. The molecule has 4 nitrogen and oxygen atoms in total. The second-order valence-corrected chi connectivity index (χ2v) is 10.0. The fraction of sp³-hybridized carbons (Fsp3) is 0.391. The molecule has 0 radical (unpaired) electrons. The van der Waals surface area contributed by atoms with Crippen LogP contribution in [0.25, 0.3) is 0 Å². The minimum absolute atomic E-state index is 0.169. The fourth-order valence-corrected chi connectivity index (χ4v) is 5.22. The van der Waals surface area contributed by atoms with E-state index in [-0.39, 0.29) is 17.2 Å². The zero-order chi connectivity index (χ0) is 21.2. The quantitative estimate of drug-likeness (QED) is 0.596. The number of anilines is 1. The van der Waals surface area contributed by atoms with Crippen LogP contribution in [0, 0.1) is 11.3 Å². The summed E-state index contributed by atoms with van der Waals surface area (Å²) in [4.78, 5) is 26.9. The van der Waals surface area contributed by atoms with Crippen molar-refractivity contribution in [3.05, 3.63) is 63.5 Å². The average Bonchev–Trinajstić information content (AvgIpc) is 3.02. The monoisotopic (exact) mass is 430 g/mol. The molecule has 0 spiro atoms. The third-order valence-electron chi connectivity index (χ3n) is 5.44. The van der Waals surface area contributed by atoms with Crippen LogP contribution in [0.2, 0.25) is 5.02 Å². The van der Waals surface area contributed by atoms with Gasteiger partial charge in [0.1, 0.15) is 5.00 Å². The van der Waals surface area contributed by atoms with Gasteiger partial charge >= 0.3 is 0 Å². The molecule has 1 atom stereocenters. The molecule has 0 saturated heterocycles. The van der Waals surface area contributed by atoms with Crippen molar-refractivity contribution in [2.45, 2.75) is 40.0 Å². The summed E-state index contributed by atoms with van der Waals surface area (Å²) in [6.07, 6.45) is 4.46. The molecular weight excluding hydrogens is 404 g/mol. The van der Waals surface area contributed by atoms with Gasteiger partial charge in [-0.25, -0.2) is 0 Å². The Labute approximate surface area is 181 Å². The van der Waals surface area contributed by atoms with Crippen LogP contribution in [0.3, 0.4) is 0 Å². The molecule has 154 valence electrons. The molecule has 0 aliphatic heterocycles. The molecule has 6 heteroatoms. The lowest BCUT2D eigenvalue weighted by atomic mass is 9.72. The van der Waals surface area contributed by atoms with Crippen molar-refractivity contribution in [3.8, 4) is 0 Å². The number of amides is 2. The Morgan fingerprint density at radius 3 is 2.72 bits per heavy atom. The Hall–Kier alpha value is -2.11. The summed E-state index contributed by atoms with van der Waals surface area (Å²) >= 11 is 7.54. The first kappa shape index (κ1) is 21.6. The normalized spacial score (nSPS) is 16.1. The van der Waals surface area contributed by atoms with E-state index in [1.165, 1.54) is 16.2 Å². The van der Waals surface area contributed by atoms with E-state index in [4.69, 9.17) is 11.6 Å². The van der Waals surface area contributed by atoms with Crippen molar-refractivity contribution in [1.29, 1.82) is 0 Å². The lowest BCUT2D eigenvalue weighted by Gasteiger charge is -2.33. The molecular formula is C23H27ClN2O2S. The van der Waals surface area contributed by atoms with Gasteiger partial charge in [0.05, 0.1) is 5.56 Å². The number of thiophene rings is 1. The number of carbonyl (C=O) groups is 2. The smallest absolute Gasteiger partial charge is 0.256 e. The van der Waals surface area contributed by atoms with Crippen molar-refractivity contribution < 1.29 is 9.59 Å². The molecule has 0 saturated carbocycles. The van der Waals surface area contributed by atoms with Crippen LogP contribution in [0.15, 0.2) is 36.9 Å². The minimum Gasteiger partial charge on any atom is -0.348 e. The Morgan fingerprint density at radius 1 is 1.31 bits per heavy atom. The van der Waals surface area contributed by atoms with Crippen LogP contribution in [-0.4, -0.2) is 18.4 Å². The summed E-state index contributed by atoms with van der Waals surface area (Å²) in [6.45, 7) is 10.8. The highest BCUT2D eigenvalue weighted by Crippen LogP contribution is 2.44. The summed E-state index contributed by atoms with van der Waals surface area (Å²) in [5.41, 5.74) is 2.33. The summed E-state index contributed by atoms with van der Waals surface area (Å²) in [5, 5.41) is 6.93. The van der Waals surface area contributed by atoms with E-state index >= 15 is 0 Å². The standard InChI is InChI=1S/C23H27ClN2O2S/c1-5-11-25-21(28)19-17-10-9-15(23(2,3)4)13-18(17)29-22(19)26-20(27)14-7-6-8-16(24)12-14/h5-8,12,15H,1,9-11,13H2,2-4H3,(H,25,28)(H,26,27). The highest BCUT2D eigenvalue weighted by Gasteiger charge is 2.34. The van der Waals surface area contributed by atoms with Gasteiger partial charge in [-0.15, -0.1) is 17.9 Å². The zero-order valence-electron chi connectivity index (χ0n) is 17.1. The largest absolute Gasteiger partial charge is 0.348 e. The van der Waals surface area contributed by atoms with Crippen molar-refractivity contribution in [2.75, 3.05) is 11.9 Å². The molecule has 0 bridgehead atoms. The first-order valence-corrected chi connectivity index (χ1v) is 11.0. The van der Waals surface area contributed by atoms with Gasteiger partial charge in [0.2, 0.25) is 0 Å². The number of halogens is 1. The first-order chi connectivity index (χ1) is 13.7. The summed E-state index contributed by atoms with van der Waals surface area (Å²) in [7, 11) is 0. The number of fused-ring (bicyclic) bond motifs is 1. The third-order valence-corrected chi connectivity index (χ3v) is 6.84. The number of carbonyl (C=O) groups excluding carboxylic acids is 2. The van der Waals surface area contributed by atoms with Gasteiger partial charge < -0.3 is 10.6 Å². The van der Waals surface area contributed by atoms with Gasteiger partial charge in [-0.3, -0.25) is 9.59 Å². The van der Waals surface area contributed by atoms with Crippen LogP contribution >= 0.6 is 22.9 Å². The van der Waals surface area contributed by atoms with Crippen LogP contribution in [0.4, 0.5) is 5.00 Å². The summed E-state index contributed by atoms with van der Waals surface area (Å²) in [6, 6.07) is 6.80. The minimum atomic E-state index is -0.267. The van der Waals surface area contributed by atoms with Gasteiger partial charge in [-0.05, 0) is 54.4 Å². The molecule has 1 aromatic carbocycles. The molecule has 2 amide bonds. The lowest BCUT2D eigenvalue weighted by Crippen LogP contribution is -2.28. The van der Waals surface area contributed by atoms with Crippen LogP contribution in [-0.2, 0) is 12.8 Å². The van der Waals surface area contributed by atoms with Crippen LogP contribution in [0.1, 0.15) is 58.3 Å². The van der Waals surface area contributed by atoms with E-state index in [1.54, 1.807) is 30.3 Å². The molecule has 1 heterocycles. The van der Waals surface area contributed by atoms with Crippen molar-refractivity contribution >= 4 is 39.8 Å². The molecule has 2 N–H and O–H groups in total. The predicted octanol–water partition coefficient (Wildman–Crippen LogP) is 5.72. The molecule has 1 aromatic heterocycles. The maximum atomic E-state index is 12.9. The molecule has 3 rings (SSSR count). The van der Waals surface area contributed by atoms with E-state index in [0.29, 0.717) is 33.6 Å². The lowest BCUT2D eigenvalue weighted by molar-refractivity contribution is 0.0957. The first-order valence-electron chi connectivity index (χ1n) is 9.81. The van der Waals surface area contributed by atoms with E-state index in [0.717, 1.165) is 24.8 Å². The number of benzene rings is 1. The molecule has 2 aromatic rings. The average molecular weight is 431 g/mol. The Kier molecular flexibility index (Phi) is 6.49. The van der Waals surface area contributed by atoms with Crippen molar-refractivity contribution in [1.82, 2.24) is 5.32 Å². The Bertz CT molecular complexity index is 943. The SMILES string of the molecule is C=CCNC(=O)c1c(NC(=O)c2cccc(Cl)c2)sc2c1CCC(C(C)(C)C)C2. The second kappa shape index (κ2) is 8.72. The van der Waals surface area contributed by atoms with Crippen LogP contribution < -0.4 is 10.6 Å². The van der Waals surface area contributed by atoms with Gasteiger partial charge in [0.15, 0.2) is 0 Å². The maximum Gasteiger partial charge on any atom is 0.256 e. The zero-order valence-corrected chi connectivity index (χ0v) is 18.7. The number of nitrogens with one attached hydrogen (secondary N) is 2. The second-order valence-electron chi connectivity index (χ2n) is 8.48. The van der Waals surface area contributed by atoms with Crippen LogP contribution in [0.5, 0.6) is 0 Å². The topological polar surface area (TPSA) is 58.2 Å². The number of hydrogen-bond acceptors (Lipinski definition) is 3. The van der Waals surface area contributed by atoms with E-state index in [2.05, 4.69) is 38.0 Å². The van der Waals surface area contributed by atoms with E-state index in [1.807, 2.05) is 0 Å². The van der Waals surface area contributed by atoms with Gasteiger partial charge in [-0.1, -0.05) is 44.5 Å². The third kappa shape index (κ3) is 4.90. The Morgan fingerprint density at radius 2 is 2.07 bits per heavy atom. The molecule has 1 unspecified atom stereocenters. The molecule has 1 aliphatic carbocycles. The maximum absolute atomic E-state index is 12.9. The highest BCUT2D eigenvalue weighted by molar-refractivity contribution is 7.17. The van der Waals surface area contributed by atoms with Crippen molar-refractivity contribution in [3.63, 3.8) is 0 Å². The number of rotatable bonds is 5. The fourth-order valence-electron chi connectivity index (χ4n) is 3.71. The Balaban J connectivity index is 1.95. The summed E-state index contributed by atoms with van der Waals surface area (Å²) in [5.74, 6) is 0.114. The van der Waals surface area contributed by atoms with Crippen molar-refractivity contribution in [2.24, 2.45) is 11.3 Å².